The van der Waals surface area contributed by atoms with Gasteiger partial charge in [-0.15, -0.1) is 0 Å². The second-order valence-electron chi connectivity index (χ2n) is 4.43. The number of pyridine rings is 1. The highest BCUT2D eigenvalue weighted by molar-refractivity contribution is 7.89. The van der Waals surface area contributed by atoms with E-state index < -0.39 is 10.0 Å². The molecule has 1 aliphatic heterocycles. The zero-order valence-corrected chi connectivity index (χ0v) is 10.9. The van der Waals surface area contributed by atoms with Gasteiger partial charge in [0.25, 0.3) is 0 Å². The van der Waals surface area contributed by atoms with E-state index in [-0.39, 0.29) is 5.75 Å². The van der Waals surface area contributed by atoms with E-state index in [0.717, 1.165) is 16.8 Å². The molecule has 2 rings (SSSR count). The molecular formula is C11H17N3O2S. The summed E-state index contributed by atoms with van der Waals surface area (Å²) in [6.07, 6.45) is 2.39. The van der Waals surface area contributed by atoms with Gasteiger partial charge in [0.05, 0.1) is 18.0 Å². The third kappa shape index (κ3) is 2.28. The fraction of sp³-hybridized carbons (Fsp3) is 0.545. The Balaban J connectivity index is 2.28. The van der Waals surface area contributed by atoms with Crippen molar-refractivity contribution in [1.82, 2.24) is 9.29 Å². The lowest BCUT2D eigenvalue weighted by molar-refractivity contribution is 0.434. The second kappa shape index (κ2) is 4.27. The molecule has 1 aromatic rings. The molecule has 2 heterocycles. The van der Waals surface area contributed by atoms with E-state index in [1.807, 2.05) is 13.8 Å². The summed E-state index contributed by atoms with van der Waals surface area (Å²) in [7, 11) is -3.07. The molecule has 94 valence electrons. The maximum atomic E-state index is 11.7. The van der Waals surface area contributed by atoms with Crippen LogP contribution in [0.5, 0.6) is 0 Å². The molecule has 0 spiro atoms. The van der Waals surface area contributed by atoms with E-state index in [9.17, 15) is 8.42 Å². The monoisotopic (exact) mass is 255 g/mol. The van der Waals surface area contributed by atoms with Crippen LogP contribution in [-0.2, 0) is 16.6 Å². The molecule has 0 aromatic carbocycles. The predicted molar refractivity (Wildman–Crippen MR) is 66.9 cm³/mol. The van der Waals surface area contributed by atoms with Gasteiger partial charge < -0.3 is 5.73 Å². The zero-order chi connectivity index (χ0) is 12.6. The van der Waals surface area contributed by atoms with Crippen LogP contribution in [0.15, 0.2) is 6.20 Å². The molecule has 0 saturated carbocycles. The van der Waals surface area contributed by atoms with Crippen molar-refractivity contribution in [2.45, 2.75) is 26.8 Å². The number of rotatable bonds is 2. The fourth-order valence-corrected chi connectivity index (χ4v) is 3.47. The normalized spacial score (nSPS) is 19.6. The van der Waals surface area contributed by atoms with Crippen LogP contribution in [0.1, 0.15) is 23.2 Å². The third-order valence-corrected chi connectivity index (χ3v) is 5.11. The topological polar surface area (TPSA) is 76.3 Å². The highest BCUT2D eigenvalue weighted by Gasteiger charge is 2.28. The molecule has 0 bridgehead atoms. The average Bonchev–Trinajstić information content (AvgIpc) is 2.59. The minimum atomic E-state index is -3.07. The van der Waals surface area contributed by atoms with Crippen molar-refractivity contribution in [2.75, 3.05) is 18.0 Å². The highest BCUT2D eigenvalue weighted by atomic mass is 32.2. The van der Waals surface area contributed by atoms with E-state index >= 15 is 0 Å². The highest BCUT2D eigenvalue weighted by Crippen LogP contribution is 2.22. The molecule has 0 atom stereocenters. The average molecular weight is 255 g/mol. The van der Waals surface area contributed by atoms with Gasteiger partial charge in [-0.1, -0.05) is 0 Å². The summed E-state index contributed by atoms with van der Waals surface area (Å²) in [5, 5.41) is 0. The summed E-state index contributed by atoms with van der Waals surface area (Å²) in [6, 6.07) is 0. The molecular weight excluding hydrogens is 238 g/mol. The number of sulfonamides is 1. The first-order valence-corrected chi connectivity index (χ1v) is 7.21. The molecule has 1 aliphatic rings. The Hall–Kier alpha value is -1.14. The number of hydrogen-bond acceptors (Lipinski definition) is 4. The summed E-state index contributed by atoms with van der Waals surface area (Å²) in [4.78, 5) is 4.28. The van der Waals surface area contributed by atoms with Crippen molar-refractivity contribution in [3.05, 3.63) is 23.0 Å². The fourth-order valence-electron chi connectivity index (χ4n) is 1.99. The van der Waals surface area contributed by atoms with Crippen molar-refractivity contribution in [3.8, 4) is 0 Å². The third-order valence-electron chi connectivity index (χ3n) is 3.21. The van der Waals surface area contributed by atoms with Crippen molar-refractivity contribution in [1.29, 1.82) is 0 Å². The Morgan fingerprint density at radius 1 is 1.47 bits per heavy atom. The van der Waals surface area contributed by atoms with E-state index in [1.54, 1.807) is 6.20 Å². The maximum Gasteiger partial charge on any atom is 0.214 e. The van der Waals surface area contributed by atoms with Gasteiger partial charge in [0, 0.05) is 18.4 Å². The van der Waals surface area contributed by atoms with Gasteiger partial charge in [-0.2, -0.15) is 4.31 Å². The summed E-state index contributed by atoms with van der Waals surface area (Å²) < 4.78 is 24.9. The Bertz CT molecular complexity index is 540. The second-order valence-corrected chi connectivity index (χ2v) is 6.52. The molecule has 6 heteroatoms. The van der Waals surface area contributed by atoms with Gasteiger partial charge in [-0.3, -0.25) is 4.98 Å². The van der Waals surface area contributed by atoms with E-state index in [2.05, 4.69) is 4.98 Å². The predicted octanol–water partition coefficient (Wildman–Crippen LogP) is 0.816. The Morgan fingerprint density at radius 2 is 2.18 bits per heavy atom. The van der Waals surface area contributed by atoms with E-state index in [1.165, 1.54) is 4.31 Å². The molecule has 0 amide bonds. The maximum absolute atomic E-state index is 11.7. The van der Waals surface area contributed by atoms with Gasteiger partial charge in [0.2, 0.25) is 10.0 Å². The van der Waals surface area contributed by atoms with E-state index in [4.69, 9.17) is 5.73 Å². The largest absolute Gasteiger partial charge is 0.398 e. The zero-order valence-electron chi connectivity index (χ0n) is 10.1. The van der Waals surface area contributed by atoms with Crippen molar-refractivity contribution < 1.29 is 8.42 Å². The van der Waals surface area contributed by atoms with Crippen LogP contribution in [0.4, 0.5) is 5.69 Å². The first-order chi connectivity index (χ1) is 7.92. The lowest BCUT2D eigenvalue weighted by atomic mass is 10.1. The Morgan fingerprint density at radius 3 is 2.76 bits per heavy atom. The van der Waals surface area contributed by atoms with Crippen molar-refractivity contribution in [3.63, 3.8) is 0 Å². The number of hydrogen-bond donors (Lipinski definition) is 1. The summed E-state index contributed by atoms with van der Waals surface area (Å²) >= 11 is 0. The van der Waals surface area contributed by atoms with Crippen LogP contribution < -0.4 is 5.73 Å². The van der Waals surface area contributed by atoms with Crippen LogP contribution in [0, 0.1) is 13.8 Å². The first kappa shape index (κ1) is 12.3. The smallest absolute Gasteiger partial charge is 0.214 e. The SMILES string of the molecule is Cc1cnc(CN2CCCS2(=O)=O)c(C)c1N. The molecule has 1 aromatic heterocycles. The summed E-state index contributed by atoms with van der Waals surface area (Å²) in [5.41, 5.74) is 9.17. The minimum absolute atomic E-state index is 0.243. The summed E-state index contributed by atoms with van der Waals surface area (Å²) in [5.74, 6) is 0.243. The van der Waals surface area contributed by atoms with Gasteiger partial charge >= 0.3 is 0 Å². The molecule has 0 radical (unpaired) electrons. The lowest BCUT2D eigenvalue weighted by Crippen LogP contribution is -2.26. The number of aryl methyl sites for hydroxylation is 1. The molecule has 5 nitrogen and oxygen atoms in total. The van der Waals surface area contributed by atoms with Crippen molar-refractivity contribution >= 4 is 15.7 Å². The van der Waals surface area contributed by atoms with Crippen LogP contribution in [0.2, 0.25) is 0 Å². The molecule has 1 fully saturated rings. The van der Waals surface area contributed by atoms with Gasteiger partial charge in [-0.25, -0.2) is 8.42 Å². The Labute approximate surface area is 102 Å². The van der Waals surface area contributed by atoms with Crippen LogP contribution in [0.25, 0.3) is 0 Å². The molecule has 0 aliphatic carbocycles. The van der Waals surface area contributed by atoms with Gasteiger partial charge in [-0.05, 0) is 31.4 Å². The molecule has 0 unspecified atom stereocenters. The molecule has 1 saturated heterocycles. The van der Waals surface area contributed by atoms with Crippen LogP contribution in [-0.4, -0.2) is 30.0 Å². The van der Waals surface area contributed by atoms with E-state index in [0.29, 0.717) is 25.2 Å². The number of nitrogen functional groups attached to an aromatic ring is 1. The van der Waals surface area contributed by atoms with Crippen LogP contribution in [0.3, 0.4) is 0 Å². The number of nitrogens with zero attached hydrogens (tertiary/aromatic N) is 2. The first-order valence-electron chi connectivity index (χ1n) is 5.60. The molecule has 2 N–H and O–H groups in total. The number of aromatic nitrogens is 1. The number of anilines is 1. The number of nitrogens with two attached hydrogens (primary N) is 1. The quantitative estimate of drug-likeness (QED) is 0.848. The van der Waals surface area contributed by atoms with Crippen molar-refractivity contribution in [2.24, 2.45) is 0 Å². The summed E-state index contributed by atoms with van der Waals surface area (Å²) in [6.45, 7) is 4.69. The molecule has 17 heavy (non-hydrogen) atoms. The standard InChI is InChI=1S/C11H17N3O2S/c1-8-6-13-10(9(2)11(8)12)7-14-4-3-5-17(14,15)16/h6H,3-5,7H2,1-2H3,(H2,12,13). The van der Waals surface area contributed by atoms with Gasteiger partial charge in [0.15, 0.2) is 0 Å². The Kier molecular flexibility index (Phi) is 3.09. The minimum Gasteiger partial charge on any atom is -0.398 e. The van der Waals surface area contributed by atoms with Crippen LogP contribution >= 0.6 is 0 Å². The van der Waals surface area contributed by atoms with Gasteiger partial charge in [0.1, 0.15) is 0 Å². The lowest BCUT2D eigenvalue weighted by Gasteiger charge is -2.16.